The van der Waals surface area contributed by atoms with Gasteiger partial charge in [0.2, 0.25) is 0 Å². The molecular weight excluding hydrogens is 406 g/mol. The minimum atomic E-state index is -3.86. The number of hydrogen-bond donors (Lipinski definition) is 2. The largest absolute Gasteiger partial charge is 0.403 e. The Kier molecular flexibility index (Phi) is 5.22. The fraction of sp³-hybridized carbons (Fsp3) is 0. The number of rotatable bonds is 6. The second-order valence-corrected chi connectivity index (χ2v) is 7.75. The van der Waals surface area contributed by atoms with Crippen LogP contribution in [0.4, 0.5) is 11.7 Å². The molecule has 4 rings (SSSR count). The van der Waals surface area contributed by atoms with Crippen molar-refractivity contribution in [3.8, 4) is 11.5 Å². The van der Waals surface area contributed by atoms with Crippen molar-refractivity contribution in [2.45, 2.75) is 4.90 Å². The number of amides is 1. The van der Waals surface area contributed by atoms with Gasteiger partial charge >= 0.3 is 6.01 Å². The third-order valence-electron chi connectivity index (χ3n) is 4.02. The first-order valence-electron chi connectivity index (χ1n) is 8.75. The van der Waals surface area contributed by atoms with E-state index in [2.05, 4.69) is 25.2 Å². The average Bonchev–Trinajstić information content (AvgIpc) is 3.23. The Balaban J connectivity index is 1.55. The molecule has 0 aliphatic carbocycles. The summed E-state index contributed by atoms with van der Waals surface area (Å²) in [7, 11) is -3.86. The van der Waals surface area contributed by atoms with Crippen LogP contribution in [0.25, 0.3) is 11.5 Å². The summed E-state index contributed by atoms with van der Waals surface area (Å²) >= 11 is 0. The van der Waals surface area contributed by atoms with Gasteiger partial charge in [-0.05, 0) is 36.4 Å². The number of benzene rings is 2. The van der Waals surface area contributed by atoms with Crippen molar-refractivity contribution in [3.05, 3.63) is 84.7 Å². The highest BCUT2D eigenvalue weighted by Gasteiger charge is 2.20. The summed E-state index contributed by atoms with van der Waals surface area (Å²) in [5.41, 5.74) is 0.811. The van der Waals surface area contributed by atoms with Crippen LogP contribution >= 0.6 is 0 Å². The van der Waals surface area contributed by atoms with Crippen LogP contribution in [-0.2, 0) is 10.0 Å². The highest BCUT2D eigenvalue weighted by molar-refractivity contribution is 7.92. The smallest absolute Gasteiger partial charge is 0.322 e. The van der Waals surface area contributed by atoms with E-state index in [-0.39, 0.29) is 28.1 Å². The number of carbonyl (C=O) groups excluding carboxylic acids is 1. The Morgan fingerprint density at radius 1 is 0.900 bits per heavy atom. The molecule has 10 heteroatoms. The first-order valence-corrected chi connectivity index (χ1v) is 10.2. The van der Waals surface area contributed by atoms with E-state index in [1.165, 1.54) is 24.3 Å². The SMILES string of the molecule is O=C(Nc1nnc(-c2cccnc2)o1)c1ccccc1NS(=O)(=O)c1ccccc1. The Labute approximate surface area is 171 Å². The molecule has 0 fully saturated rings. The van der Waals surface area contributed by atoms with E-state index in [0.717, 1.165) is 0 Å². The maximum Gasteiger partial charge on any atom is 0.322 e. The summed E-state index contributed by atoms with van der Waals surface area (Å²) in [5, 5.41) is 10.1. The van der Waals surface area contributed by atoms with Crippen LogP contribution in [0.2, 0.25) is 0 Å². The van der Waals surface area contributed by atoms with Gasteiger partial charge < -0.3 is 4.42 Å². The standard InChI is InChI=1S/C20H15N5O4S/c26-18(22-20-24-23-19(29-20)14-7-6-12-21-13-14)16-10-4-5-11-17(16)25-30(27,28)15-8-2-1-3-9-15/h1-13,25H,(H,22,24,26). The molecule has 0 bridgehead atoms. The van der Waals surface area contributed by atoms with Gasteiger partial charge in [0.05, 0.1) is 21.7 Å². The minimum Gasteiger partial charge on any atom is -0.403 e. The lowest BCUT2D eigenvalue weighted by Gasteiger charge is -2.11. The van der Waals surface area contributed by atoms with Gasteiger partial charge in [0.1, 0.15) is 0 Å². The quantitative estimate of drug-likeness (QED) is 0.489. The number of anilines is 2. The molecule has 30 heavy (non-hydrogen) atoms. The van der Waals surface area contributed by atoms with Crippen molar-refractivity contribution in [1.82, 2.24) is 15.2 Å². The van der Waals surface area contributed by atoms with E-state index in [1.807, 2.05) is 0 Å². The zero-order chi connectivity index (χ0) is 21.0. The Morgan fingerprint density at radius 2 is 1.67 bits per heavy atom. The molecule has 2 N–H and O–H groups in total. The Bertz CT molecular complexity index is 1270. The first-order chi connectivity index (χ1) is 14.5. The lowest BCUT2D eigenvalue weighted by Crippen LogP contribution is -2.18. The van der Waals surface area contributed by atoms with Gasteiger partial charge in [-0.2, -0.15) is 0 Å². The van der Waals surface area contributed by atoms with Gasteiger partial charge in [0.15, 0.2) is 0 Å². The van der Waals surface area contributed by atoms with Crippen molar-refractivity contribution in [1.29, 1.82) is 0 Å². The van der Waals surface area contributed by atoms with Gasteiger partial charge in [-0.3, -0.25) is 19.8 Å². The number of pyridine rings is 1. The Hall–Kier alpha value is -4.05. The van der Waals surface area contributed by atoms with E-state index < -0.39 is 15.9 Å². The van der Waals surface area contributed by atoms with E-state index in [9.17, 15) is 13.2 Å². The van der Waals surface area contributed by atoms with Crippen LogP contribution < -0.4 is 10.0 Å². The summed E-state index contributed by atoms with van der Waals surface area (Å²) in [5.74, 6) is -0.417. The third-order valence-corrected chi connectivity index (χ3v) is 5.40. The maximum atomic E-state index is 12.7. The van der Waals surface area contributed by atoms with E-state index in [1.54, 1.807) is 54.9 Å². The summed E-state index contributed by atoms with van der Waals surface area (Å²) in [6, 6.07) is 17.4. The molecule has 4 aromatic rings. The molecule has 150 valence electrons. The molecule has 0 saturated carbocycles. The molecule has 0 aliphatic heterocycles. The molecule has 2 aromatic carbocycles. The zero-order valence-electron chi connectivity index (χ0n) is 15.4. The molecule has 2 heterocycles. The third kappa shape index (κ3) is 4.18. The molecule has 0 spiro atoms. The summed E-state index contributed by atoms with van der Waals surface area (Å²) in [6.07, 6.45) is 3.16. The van der Waals surface area contributed by atoms with E-state index in [4.69, 9.17) is 4.42 Å². The Morgan fingerprint density at radius 3 is 2.43 bits per heavy atom. The number of aromatic nitrogens is 3. The normalized spacial score (nSPS) is 11.1. The fourth-order valence-electron chi connectivity index (χ4n) is 2.62. The van der Waals surface area contributed by atoms with Gasteiger partial charge in [0, 0.05) is 12.4 Å². The molecule has 9 nitrogen and oxygen atoms in total. The highest BCUT2D eigenvalue weighted by Crippen LogP contribution is 2.22. The van der Waals surface area contributed by atoms with Crippen molar-refractivity contribution >= 4 is 27.6 Å². The van der Waals surface area contributed by atoms with Crippen LogP contribution in [-0.4, -0.2) is 29.5 Å². The minimum absolute atomic E-state index is 0.0817. The molecule has 2 aromatic heterocycles. The fourth-order valence-corrected chi connectivity index (χ4v) is 3.72. The van der Waals surface area contributed by atoms with Crippen molar-refractivity contribution in [2.75, 3.05) is 10.0 Å². The second-order valence-electron chi connectivity index (χ2n) is 6.07. The number of hydrogen-bond acceptors (Lipinski definition) is 7. The molecular formula is C20H15N5O4S. The molecule has 1 amide bonds. The topological polar surface area (TPSA) is 127 Å². The monoisotopic (exact) mass is 421 g/mol. The summed E-state index contributed by atoms with van der Waals surface area (Å²) < 4.78 is 33.1. The lowest BCUT2D eigenvalue weighted by atomic mass is 10.2. The molecule has 0 unspecified atom stereocenters. The molecule has 0 saturated heterocycles. The number of sulfonamides is 1. The van der Waals surface area contributed by atoms with Gasteiger partial charge in [-0.25, -0.2) is 8.42 Å². The second kappa shape index (κ2) is 8.13. The van der Waals surface area contributed by atoms with Crippen LogP contribution in [0.3, 0.4) is 0 Å². The van der Waals surface area contributed by atoms with Gasteiger partial charge in [-0.15, -0.1) is 5.10 Å². The van der Waals surface area contributed by atoms with Gasteiger partial charge in [-0.1, -0.05) is 35.4 Å². The van der Waals surface area contributed by atoms with Crippen molar-refractivity contribution in [3.63, 3.8) is 0 Å². The number of para-hydroxylation sites is 1. The van der Waals surface area contributed by atoms with Crippen molar-refractivity contribution < 1.29 is 17.6 Å². The maximum absolute atomic E-state index is 12.7. The van der Waals surface area contributed by atoms with Crippen LogP contribution in [0, 0.1) is 0 Å². The first kappa shape index (κ1) is 19.3. The number of carbonyl (C=O) groups is 1. The van der Waals surface area contributed by atoms with Crippen LogP contribution in [0.15, 0.2) is 88.4 Å². The summed E-state index contributed by atoms with van der Waals surface area (Å²) in [6.45, 7) is 0. The predicted molar refractivity (Wildman–Crippen MR) is 109 cm³/mol. The van der Waals surface area contributed by atoms with Gasteiger partial charge in [0.25, 0.3) is 21.8 Å². The number of nitrogens with zero attached hydrogens (tertiary/aromatic N) is 3. The van der Waals surface area contributed by atoms with E-state index >= 15 is 0 Å². The predicted octanol–water partition coefficient (Wildman–Crippen LogP) is 3.18. The molecule has 0 radical (unpaired) electrons. The molecule has 0 aliphatic rings. The van der Waals surface area contributed by atoms with Crippen molar-refractivity contribution in [2.24, 2.45) is 0 Å². The molecule has 0 atom stereocenters. The average molecular weight is 421 g/mol. The zero-order valence-corrected chi connectivity index (χ0v) is 16.2. The van der Waals surface area contributed by atoms with Crippen LogP contribution in [0.5, 0.6) is 0 Å². The highest BCUT2D eigenvalue weighted by atomic mass is 32.2. The van der Waals surface area contributed by atoms with Crippen LogP contribution in [0.1, 0.15) is 10.4 Å². The summed E-state index contributed by atoms with van der Waals surface area (Å²) in [4.78, 5) is 16.8. The number of nitrogens with one attached hydrogen (secondary N) is 2. The van der Waals surface area contributed by atoms with E-state index in [0.29, 0.717) is 5.56 Å². The lowest BCUT2D eigenvalue weighted by molar-refractivity contribution is 0.102.